The molecule has 1 saturated heterocycles. The molecule has 0 radical (unpaired) electrons. The first-order valence-electron chi connectivity index (χ1n) is 11.7. The SMILES string of the molecule is COc1ccc(-c2noc(CN3CCCC(C(=O)N(C)Cc4ccc(OC)c(OC)c4)C3)n2)cc1. The predicted molar refractivity (Wildman–Crippen MR) is 130 cm³/mol. The van der Waals surface area contributed by atoms with Crippen molar-refractivity contribution in [2.75, 3.05) is 41.5 Å². The zero-order valence-corrected chi connectivity index (χ0v) is 20.7. The van der Waals surface area contributed by atoms with E-state index in [1.54, 1.807) is 26.2 Å². The molecule has 4 rings (SSSR count). The van der Waals surface area contributed by atoms with E-state index in [9.17, 15) is 4.79 Å². The molecule has 1 unspecified atom stereocenters. The highest BCUT2D eigenvalue weighted by molar-refractivity contribution is 5.79. The molecule has 1 atom stereocenters. The summed E-state index contributed by atoms with van der Waals surface area (Å²) in [5, 5.41) is 4.12. The first kappa shape index (κ1) is 24.5. The molecule has 2 aromatic carbocycles. The lowest BCUT2D eigenvalue weighted by molar-refractivity contribution is -0.136. The van der Waals surface area contributed by atoms with Crippen molar-refractivity contribution in [2.24, 2.45) is 5.92 Å². The molecular weight excluding hydrogens is 448 g/mol. The maximum atomic E-state index is 13.2. The number of benzene rings is 2. The number of carbonyl (C=O) groups is 1. The van der Waals surface area contributed by atoms with E-state index >= 15 is 0 Å². The van der Waals surface area contributed by atoms with Crippen LogP contribution < -0.4 is 14.2 Å². The molecule has 9 heteroatoms. The zero-order chi connectivity index (χ0) is 24.8. The fraction of sp³-hybridized carbons (Fsp3) is 0.423. The van der Waals surface area contributed by atoms with Crippen molar-refractivity contribution in [3.63, 3.8) is 0 Å². The molecule has 1 fully saturated rings. The smallest absolute Gasteiger partial charge is 0.241 e. The standard InChI is InChI=1S/C26H32N4O5/c1-29(15-18-7-12-22(33-3)23(14-18)34-4)26(31)20-6-5-13-30(16-20)17-24-27-25(28-35-24)19-8-10-21(32-2)11-9-19/h7-12,14,20H,5-6,13,15-17H2,1-4H3. The lowest BCUT2D eigenvalue weighted by Gasteiger charge is -2.33. The highest BCUT2D eigenvalue weighted by atomic mass is 16.5. The molecule has 3 aromatic rings. The number of methoxy groups -OCH3 is 3. The van der Waals surface area contributed by atoms with Crippen LogP contribution in [0.4, 0.5) is 0 Å². The van der Waals surface area contributed by atoms with E-state index in [1.165, 1.54) is 0 Å². The summed E-state index contributed by atoms with van der Waals surface area (Å²) in [4.78, 5) is 21.7. The van der Waals surface area contributed by atoms with Crippen molar-refractivity contribution >= 4 is 5.91 Å². The van der Waals surface area contributed by atoms with Gasteiger partial charge in [-0.3, -0.25) is 9.69 Å². The fourth-order valence-corrected chi connectivity index (χ4v) is 4.41. The predicted octanol–water partition coefficient (Wildman–Crippen LogP) is 3.63. The van der Waals surface area contributed by atoms with E-state index in [0.29, 0.717) is 42.8 Å². The van der Waals surface area contributed by atoms with Crippen molar-refractivity contribution < 1.29 is 23.5 Å². The zero-order valence-electron chi connectivity index (χ0n) is 20.7. The molecule has 186 valence electrons. The average molecular weight is 481 g/mol. The summed E-state index contributed by atoms with van der Waals surface area (Å²) in [6, 6.07) is 13.3. The summed E-state index contributed by atoms with van der Waals surface area (Å²) < 4.78 is 21.4. The van der Waals surface area contributed by atoms with Gasteiger partial charge in [0.15, 0.2) is 11.5 Å². The maximum Gasteiger partial charge on any atom is 0.241 e. The van der Waals surface area contributed by atoms with Crippen LogP contribution >= 0.6 is 0 Å². The maximum absolute atomic E-state index is 13.2. The number of nitrogens with zero attached hydrogens (tertiary/aromatic N) is 4. The summed E-state index contributed by atoms with van der Waals surface area (Å²) in [5.41, 5.74) is 1.85. The Morgan fingerprint density at radius 2 is 1.86 bits per heavy atom. The first-order chi connectivity index (χ1) is 17.0. The molecule has 0 saturated carbocycles. The van der Waals surface area contributed by atoms with E-state index in [0.717, 1.165) is 36.3 Å². The van der Waals surface area contributed by atoms with E-state index < -0.39 is 0 Å². The number of piperidine rings is 1. The van der Waals surface area contributed by atoms with Crippen LogP contribution in [0.15, 0.2) is 47.0 Å². The summed E-state index contributed by atoms with van der Waals surface area (Å²) in [6.45, 7) is 2.58. The largest absolute Gasteiger partial charge is 0.497 e. The topological polar surface area (TPSA) is 90.2 Å². The van der Waals surface area contributed by atoms with Crippen molar-refractivity contribution in [3.05, 3.63) is 53.9 Å². The number of carbonyl (C=O) groups excluding carboxylic acids is 1. The Morgan fingerprint density at radius 3 is 2.57 bits per heavy atom. The van der Waals surface area contributed by atoms with Crippen LogP contribution in [0.2, 0.25) is 0 Å². The Hall–Kier alpha value is -3.59. The Balaban J connectivity index is 1.34. The Kier molecular flexibility index (Phi) is 7.87. The second kappa shape index (κ2) is 11.2. The monoisotopic (exact) mass is 480 g/mol. The third-order valence-electron chi connectivity index (χ3n) is 6.27. The first-order valence-corrected chi connectivity index (χ1v) is 11.7. The molecule has 0 aliphatic carbocycles. The summed E-state index contributed by atoms with van der Waals surface area (Å²) in [5.74, 6) is 3.25. The molecule has 2 heterocycles. The van der Waals surface area contributed by atoms with Crippen molar-refractivity contribution in [1.82, 2.24) is 19.9 Å². The number of rotatable bonds is 9. The van der Waals surface area contributed by atoms with Crippen LogP contribution in [0.1, 0.15) is 24.3 Å². The van der Waals surface area contributed by atoms with Gasteiger partial charge in [0.1, 0.15) is 5.75 Å². The van der Waals surface area contributed by atoms with Gasteiger partial charge in [-0.25, -0.2) is 0 Å². The van der Waals surface area contributed by atoms with Gasteiger partial charge in [0.05, 0.1) is 33.8 Å². The van der Waals surface area contributed by atoms with Gasteiger partial charge in [-0.15, -0.1) is 0 Å². The Morgan fingerprint density at radius 1 is 1.09 bits per heavy atom. The highest BCUT2D eigenvalue weighted by Crippen LogP contribution is 2.28. The van der Waals surface area contributed by atoms with Crippen LogP contribution in [0.25, 0.3) is 11.4 Å². The average Bonchev–Trinajstić information content (AvgIpc) is 3.36. The third-order valence-corrected chi connectivity index (χ3v) is 6.27. The molecular formula is C26H32N4O5. The number of likely N-dealkylation sites (tertiary alicyclic amines) is 1. The van der Waals surface area contributed by atoms with Crippen LogP contribution in [-0.2, 0) is 17.9 Å². The van der Waals surface area contributed by atoms with Gasteiger partial charge in [0.2, 0.25) is 17.6 Å². The minimum absolute atomic E-state index is 0.0714. The van der Waals surface area contributed by atoms with Crippen molar-refractivity contribution in [3.8, 4) is 28.6 Å². The molecule has 35 heavy (non-hydrogen) atoms. The molecule has 0 bridgehead atoms. The lowest BCUT2D eigenvalue weighted by Crippen LogP contribution is -2.43. The summed E-state index contributed by atoms with van der Waals surface area (Å²) in [7, 11) is 6.69. The van der Waals surface area contributed by atoms with Crippen LogP contribution in [0.3, 0.4) is 0 Å². The molecule has 1 aliphatic heterocycles. The van der Waals surface area contributed by atoms with Gasteiger partial charge in [-0.2, -0.15) is 4.98 Å². The molecule has 0 spiro atoms. The molecule has 0 N–H and O–H groups in total. The molecule has 1 aromatic heterocycles. The quantitative estimate of drug-likeness (QED) is 0.459. The van der Waals surface area contributed by atoms with Gasteiger partial charge in [0.25, 0.3) is 0 Å². The highest BCUT2D eigenvalue weighted by Gasteiger charge is 2.29. The molecule has 1 aliphatic rings. The normalized spacial score (nSPS) is 16.1. The van der Waals surface area contributed by atoms with E-state index in [4.69, 9.17) is 18.7 Å². The van der Waals surface area contributed by atoms with Crippen LogP contribution in [-0.4, -0.2) is 67.3 Å². The van der Waals surface area contributed by atoms with E-state index in [1.807, 2.05) is 49.5 Å². The Bertz CT molecular complexity index is 1130. The van der Waals surface area contributed by atoms with E-state index in [-0.39, 0.29) is 11.8 Å². The number of amides is 1. The second-order valence-electron chi connectivity index (χ2n) is 8.70. The van der Waals surface area contributed by atoms with Crippen LogP contribution in [0, 0.1) is 5.92 Å². The number of ether oxygens (including phenoxy) is 3. The Labute approximate surface area is 205 Å². The number of hydrogen-bond acceptors (Lipinski definition) is 8. The minimum Gasteiger partial charge on any atom is -0.497 e. The van der Waals surface area contributed by atoms with Gasteiger partial charge in [0, 0.05) is 25.7 Å². The second-order valence-corrected chi connectivity index (χ2v) is 8.70. The van der Waals surface area contributed by atoms with Crippen molar-refractivity contribution in [2.45, 2.75) is 25.9 Å². The third kappa shape index (κ3) is 5.92. The fourth-order valence-electron chi connectivity index (χ4n) is 4.41. The van der Waals surface area contributed by atoms with Gasteiger partial charge in [-0.05, 0) is 61.3 Å². The summed E-state index contributed by atoms with van der Waals surface area (Å²) in [6.07, 6.45) is 1.81. The number of hydrogen-bond donors (Lipinski definition) is 0. The van der Waals surface area contributed by atoms with Gasteiger partial charge < -0.3 is 23.6 Å². The minimum atomic E-state index is -0.0714. The van der Waals surface area contributed by atoms with Crippen molar-refractivity contribution in [1.29, 1.82) is 0 Å². The number of aromatic nitrogens is 2. The summed E-state index contributed by atoms with van der Waals surface area (Å²) >= 11 is 0. The molecule has 1 amide bonds. The molecule has 9 nitrogen and oxygen atoms in total. The van der Waals surface area contributed by atoms with Gasteiger partial charge in [-0.1, -0.05) is 11.2 Å². The van der Waals surface area contributed by atoms with Gasteiger partial charge >= 0.3 is 0 Å². The van der Waals surface area contributed by atoms with Crippen LogP contribution in [0.5, 0.6) is 17.2 Å². The van der Waals surface area contributed by atoms with E-state index in [2.05, 4.69) is 15.0 Å². The lowest BCUT2D eigenvalue weighted by atomic mass is 9.96.